The molecule has 69 heavy (non-hydrogen) atoms. The lowest BCUT2D eigenvalue weighted by atomic mass is 9.85. The van der Waals surface area contributed by atoms with E-state index in [0.717, 1.165) is 64.2 Å². The molecular weight excluding hydrogens is 900 g/mol. The van der Waals surface area contributed by atoms with Crippen LogP contribution in [-0.4, -0.2) is 98.3 Å². The normalized spacial score (nSPS) is 21.3. The van der Waals surface area contributed by atoms with Crippen molar-refractivity contribution in [2.45, 2.75) is 262 Å². The summed E-state index contributed by atoms with van der Waals surface area (Å²) in [6, 6.07) is 0. The monoisotopic (exact) mass is 997 g/mol. The van der Waals surface area contributed by atoms with Gasteiger partial charge in [-0.15, -0.1) is 0 Å². The number of unbranched alkanes of at least 4 members (excludes halogenated alkanes) is 23. The van der Waals surface area contributed by atoms with Gasteiger partial charge in [0.05, 0.1) is 6.61 Å². The van der Waals surface area contributed by atoms with Gasteiger partial charge in [0.1, 0.15) is 43.2 Å². The quantitative estimate of drug-likeness (QED) is 0.0145. The Bertz CT molecular complexity index is 1430. The number of carbonyl (C=O) groups excluding carboxylic acids is 2. The van der Waals surface area contributed by atoms with Crippen LogP contribution in [0.15, 0.2) is 60.8 Å². The van der Waals surface area contributed by atoms with Crippen molar-refractivity contribution in [3.63, 3.8) is 0 Å². The number of aliphatic hydroxyl groups excluding tert-OH is 5. The molecule has 0 radical (unpaired) electrons. The number of allylic oxidation sites excluding steroid dienone is 10. The molecule has 6 N–H and O–H groups in total. The van der Waals surface area contributed by atoms with Crippen LogP contribution in [0.1, 0.15) is 219 Å². The maximum absolute atomic E-state index is 12.9. The van der Waals surface area contributed by atoms with Crippen LogP contribution in [0.3, 0.4) is 0 Å². The van der Waals surface area contributed by atoms with Crippen molar-refractivity contribution < 1.29 is 63.1 Å². The molecule has 13 nitrogen and oxygen atoms in total. The first kappa shape index (κ1) is 64.6. The molecule has 0 aromatic carbocycles. The standard InChI is InChI=1S/C55H97O13P/c1-3-5-7-9-11-13-15-17-19-21-22-23-24-25-26-28-30-32-34-36-38-40-42-44-49(57)67-47(46-66-69(63,64)68-55-53(61)51(59)50(58)52(60)54(55)62)45-65-48(56)43-41-39-37-35-33-31-29-27-20-18-16-14-12-10-8-6-4-2/h12,14,18,20,28-31,36,38,47,50-55,58-62H,3-11,13,15-17,19,21-27,32-35,37,39-46H2,1-2H3,(H,63,64)/b14-12+,20-18+,30-28+,31-29+,38-36+/t47-,50?,51-,52?,53?,54?,55?/m1/s1. The van der Waals surface area contributed by atoms with E-state index in [1.807, 2.05) is 6.08 Å². The fourth-order valence-electron chi connectivity index (χ4n) is 7.96. The third-order valence-corrected chi connectivity index (χ3v) is 13.3. The van der Waals surface area contributed by atoms with Gasteiger partial charge in [-0.2, -0.15) is 0 Å². The van der Waals surface area contributed by atoms with Gasteiger partial charge < -0.3 is 39.9 Å². The van der Waals surface area contributed by atoms with Gasteiger partial charge in [-0.25, -0.2) is 4.57 Å². The second-order valence-electron chi connectivity index (χ2n) is 18.7. The molecule has 1 aliphatic carbocycles. The van der Waals surface area contributed by atoms with E-state index < -0.39 is 75.7 Å². The largest absolute Gasteiger partial charge is 0.472 e. The summed E-state index contributed by atoms with van der Waals surface area (Å²) >= 11 is 0. The number of hydrogen-bond donors (Lipinski definition) is 6. The lowest BCUT2D eigenvalue weighted by Crippen LogP contribution is -2.64. The maximum atomic E-state index is 12.9. The number of carbonyl (C=O) groups is 2. The Morgan fingerprint density at radius 2 is 0.812 bits per heavy atom. The molecule has 1 rings (SSSR count). The molecule has 6 unspecified atom stereocenters. The van der Waals surface area contributed by atoms with E-state index in [4.69, 9.17) is 18.5 Å². The zero-order chi connectivity index (χ0) is 50.6. The first-order valence-electron chi connectivity index (χ1n) is 27.1. The highest BCUT2D eigenvalue weighted by Crippen LogP contribution is 2.47. The molecule has 0 aliphatic heterocycles. The smallest absolute Gasteiger partial charge is 0.462 e. The van der Waals surface area contributed by atoms with E-state index in [1.165, 1.54) is 109 Å². The second-order valence-corrected chi connectivity index (χ2v) is 20.1. The zero-order valence-corrected chi connectivity index (χ0v) is 43.7. The van der Waals surface area contributed by atoms with Crippen molar-refractivity contribution in [3.05, 3.63) is 60.8 Å². The van der Waals surface area contributed by atoms with Crippen molar-refractivity contribution in [3.8, 4) is 0 Å². The van der Waals surface area contributed by atoms with E-state index in [1.54, 1.807) is 0 Å². The van der Waals surface area contributed by atoms with Gasteiger partial charge >= 0.3 is 19.8 Å². The SMILES string of the molecule is CCCCC/C=C/C/C=C/C/C=C/CCCCCCC(=O)OC[C@H](COP(=O)(O)OC1C(O)C(O)C(O)[C@@H](O)C1O)OC(=O)CCC/C=C/CC/C=C/CCCCCCCCCCCCCCCC. The lowest BCUT2D eigenvalue weighted by Gasteiger charge is -2.41. The maximum Gasteiger partial charge on any atom is 0.472 e. The molecule has 0 spiro atoms. The first-order valence-corrected chi connectivity index (χ1v) is 28.6. The summed E-state index contributed by atoms with van der Waals surface area (Å²) in [5.74, 6) is -1.17. The van der Waals surface area contributed by atoms with Crippen molar-refractivity contribution in [1.29, 1.82) is 0 Å². The minimum atomic E-state index is -5.14. The Morgan fingerprint density at radius 3 is 1.32 bits per heavy atom. The average Bonchev–Trinajstić information content (AvgIpc) is 3.33. The number of aliphatic hydroxyl groups is 5. The Labute approximate surface area is 417 Å². The molecule has 400 valence electrons. The van der Waals surface area contributed by atoms with E-state index in [9.17, 15) is 44.6 Å². The lowest BCUT2D eigenvalue weighted by molar-refractivity contribution is -0.220. The predicted octanol–water partition coefficient (Wildman–Crippen LogP) is 12.1. The van der Waals surface area contributed by atoms with Gasteiger partial charge in [0.25, 0.3) is 0 Å². The summed E-state index contributed by atoms with van der Waals surface area (Å²) in [6.45, 7) is 3.25. The van der Waals surface area contributed by atoms with Gasteiger partial charge in [0.15, 0.2) is 6.10 Å². The highest BCUT2D eigenvalue weighted by atomic mass is 31.2. The average molecular weight is 997 g/mol. The molecule has 0 aromatic heterocycles. The van der Waals surface area contributed by atoms with E-state index >= 15 is 0 Å². The number of rotatable bonds is 45. The summed E-state index contributed by atoms with van der Waals surface area (Å²) in [6.07, 6.45) is 42.8. The number of phosphoric acid groups is 1. The number of esters is 2. The highest BCUT2D eigenvalue weighted by Gasteiger charge is 2.51. The Balaban J connectivity index is 2.41. The molecule has 1 aliphatic rings. The molecule has 0 bridgehead atoms. The molecular formula is C55H97O13P. The van der Waals surface area contributed by atoms with Crippen LogP contribution in [0.2, 0.25) is 0 Å². The third kappa shape index (κ3) is 36.2. The fraction of sp³-hybridized carbons (Fsp3) is 0.782. The molecule has 1 saturated carbocycles. The Morgan fingerprint density at radius 1 is 0.449 bits per heavy atom. The van der Waals surface area contributed by atoms with Crippen molar-refractivity contribution in [2.24, 2.45) is 0 Å². The van der Waals surface area contributed by atoms with Gasteiger partial charge in [0, 0.05) is 12.8 Å². The van der Waals surface area contributed by atoms with E-state index in [2.05, 4.69) is 68.5 Å². The highest BCUT2D eigenvalue weighted by molar-refractivity contribution is 7.47. The summed E-state index contributed by atoms with van der Waals surface area (Å²) in [7, 11) is -5.14. The topological polar surface area (TPSA) is 210 Å². The third-order valence-electron chi connectivity index (χ3n) is 12.3. The molecule has 8 atom stereocenters. The number of ether oxygens (including phenoxy) is 2. The van der Waals surface area contributed by atoms with E-state index in [0.29, 0.717) is 19.3 Å². The molecule has 0 amide bonds. The van der Waals surface area contributed by atoms with Crippen LogP contribution < -0.4 is 0 Å². The fourth-order valence-corrected chi connectivity index (χ4v) is 8.93. The van der Waals surface area contributed by atoms with Crippen LogP contribution in [-0.2, 0) is 32.7 Å². The number of phosphoric ester groups is 1. The van der Waals surface area contributed by atoms with Crippen molar-refractivity contribution >= 4 is 19.8 Å². The molecule has 0 heterocycles. The summed E-state index contributed by atoms with van der Waals surface area (Å²) < 4.78 is 33.6. The Hall–Kier alpha value is -2.45. The van der Waals surface area contributed by atoms with Gasteiger partial charge in [0.2, 0.25) is 0 Å². The van der Waals surface area contributed by atoms with Gasteiger partial charge in [-0.1, -0.05) is 184 Å². The zero-order valence-electron chi connectivity index (χ0n) is 42.8. The minimum Gasteiger partial charge on any atom is -0.462 e. The van der Waals surface area contributed by atoms with Gasteiger partial charge in [-0.3, -0.25) is 18.6 Å². The molecule has 1 fully saturated rings. The van der Waals surface area contributed by atoms with Crippen LogP contribution in [0.25, 0.3) is 0 Å². The van der Waals surface area contributed by atoms with E-state index in [-0.39, 0.29) is 12.8 Å². The van der Waals surface area contributed by atoms with Crippen molar-refractivity contribution in [2.75, 3.05) is 13.2 Å². The van der Waals surface area contributed by atoms with Crippen molar-refractivity contribution in [1.82, 2.24) is 0 Å². The van der Waals surface area contributed by atoms with Crippen LogP contribution >= 0.6 is 7.82 Å². The minimum absolute atomic E-state index is 0.0302. The van der Waals surface area contributed by atoms with Crippen LogP contribution in [0, 0.1) is 0 Å². The molecule has 14 heteroatoms. The summed E-state index contributed by atoms with van der Waals surface area (Å²) in [5.41, 5.74) is 0. The Kier molecular flexibility index (Phi) is 41.4. The van der Waals surface area contributed by atoms with Crippen LogP contribution in [0.5, 0.6) is 0 Å². The number of hydrogen-bond acceptors (Lipinski definition) is 12. The first-order chi connectivity index (χ1) is 33.4. The molecule has 0 saturated heterocycles. The van der Waals surface area contributed by atoms with Crippen LogP contribution in [0.4, 0.5) is 0 Å². The predicted molar refractivity (Wildman–Crippen MR) is 276 cm³/mol. The second kappa shape index (κ2) is 44.3. The summed E-state index contributed by atoms with van der Waals surface area (Å²) in [5, 5.41) is 50.3. The van der Waals surface area contributed by atoms with Gasteiger partial charge in [-0.05, 0) is 83.5 Å². The summed E-state index contributed by atoms with van der Waals surface area (Å²) in [4.78, 5) is 35.8. The molecule has 0 aromatic rings.